The van der Waals surface area contributed by atoms with Crippen LogP contribution in [-0.4, -0.2) is 43.3 Å². The monoisotopic (exact) mass is 516 g/mol. The van der Waals surface area contributed by atoms with E-state index in [9.17, 15) is 14.9 Å². The van der Waals surface area contributed by atoms with E-state index in [4.69, 9.17) is 14.0 Å². The van der Waals surface area contributed by atoms with E-state index in [1.807, 2.05) is 33.8 Å². The second-order valence-electron chi connectivity index (χ2n) is 10.4. The van der Waals surface area contributed by atoms with Crippen molar-refractivity contribution in [3.8, 4) is 23.1 Å². The summed E-state index contributed by atoms with van der Waals surface area (Å²) < 4.78 is 16.3. The number of hydrogen-bond donors (Lipinski definition) is 2. The number of aromatic nitrogens is 1. The van der Waals surface area contributed by atoms with Crippen molar-refractivity contribution in [2.24, 2.45) is 0 Å². The quantitative estimate of drug-likeness (QED) is 0.453. The molecule has 0 aliphatic carbocycles. The Labute approximate surface area is 222 Å². The molecule has 1 fully saturated rings. The SMILES string of the molecule is COc1c(C#N)cc(C(C)(C)C)cc1C(=O)Nc1ccc(C)c(-c2cc(C(=O)NCC3CCCO3)on2)c1. The third-order valence-corrected chi connectivity index (χ3v) is 6.54. The maximum atomic E-state index is 13.4. The first-order valence-electron chi connectivity index (χ1n) is 12.5. The minimum Gasteiger partial charge on any atom is -0.495 e. The Bertz CT molecular complexity index is 1390. The summed E-state index contributed by atoms with van der Waals surface area (Å²) in [5, 5.41) is 19.4. The first-order chi connectivity index (χ1) is 18.1. The van der Waals surface area contributed by atoms with Gasteiger partial charge in [0.1, 0.15) is 17.5 Å². The molecule has 0 spiro atoms. The summed E-state index contributed by atoms with van der Waals surface area (Å²) in [5.74, 6) is -0.450. The maximum absolute atomic E-state index is 13.4. The molecule has 1 aliphatic rings. The van der Waals surface area contributed by atoms with Crippen molar-refractivity contribution in [2.75, 3.05) is 25.6 Å². The number of anilines is 1. The van der Waals surface area contributed by atoms with Gasteiger partial charge in [0.05, 0.1) is 24.3 Å². The number of nitrogens with one attached hydrogen (secondary N) is 2. The van der Waals surface area contributed by atoms with Crippen LogP contribution in [0, 0.1) is 18.3 Å². The highest BCUT2D eigenvalue weighted by atomic mass is 16.5. The molecule has 1 saturated heterocycles. The lowest BCUT2D eigenvalue weighted by Crippen LogP contribution is -2.31. The second-order valence-corrected chi connectivity index (χ2v) is 10.4. The molecule has 1 atom stereocenters. The lowest BCUT2D eigenvalue weighted by Gasteiger charge is -2.22. The number of nitriles is 1. The number of aryl methyl sites for hydroxylation is 1. The molecule has 4 rings (SSSR count). The number of benzene rings is 2. The number of rotatable bonds is 7. The first kappa shape index (κ1) is 26.9. The van der Waals surface area contributed by atoms with Crippen LogP contribution in [0.2, 0.25) is 0 Å². The summed E-state index contributed by atoms with van der Waals surface area (Å²) >= 11 is 0. The number of amides is 2. The van der Waals surface area contributed by atoms with Gasteiger partial charge in [-0.25, -0.2) is 0 Å². The Kier molecular flexibility index (Phi) is 7.83. The second kappa shape index (κ2) is 11.1. The van der Waals surface area contributed by atoms with Gasteiger partial charge in [-0.2, -0.15) is 5.26 Å². The summed E-state index contributed by atoms with van der Waals surface area (Å²) in [4.78, 5) is 25.9. The molecule has 2 aromatic carbocycles. The van der Waals surface area contributed by atoms with E-state index in [2.05, 4.69) is 21.9 Å². The van der Waals surface area contributed by atoms with Crippen molar-refractivity contribution in [1.82, 2.24) is 10.5 Å². The van der Waals surface area contributed by atoms with Gasteiger partial charge >= 0.3 is 0 Å². The van der Waals surface area contributed by atoms with Gasteiger partial charge < -0.3 is 24.6 Å². The fourth-order valence-corrected chi connectivity index (χ4v) is 4.32. The van der Waals surface area contributed by atoms with Crippen molar-refractivity contribution in [3.63, 3.8) is 0 Å². The number of nitrogens with zero attached hydrogens (tertiary/aromatic N) is 2. The lowest BCUT2D eigenvalue weighted by atomic mass is 9.84. The van der Waals surface area contributed by atoms with Gasteiger partial charge in [-0.1, -0.05) is 32.0 Å². The molecule has 1 aromatic heterocycles. The number of hydrogen-bond acceptors (Lipinski definition) is 7. The zero-order valence-corrected chi connectivity index (χ0v) is 22.3. The van der Waals surface area contributed by atoms with Crippen LogP contribution in [0.3, 0.4) is 0 Å². The number of ether oxygens (including phenoxy) is 2. The van der Waals surface area contributed by atoms with Crippen LogP contribution in [0.25, 0.3) is 11.3 Å². The summed E-state index contributed by atoms with van der Waals surface area (Å²) in [6.45, 7) is 9.08. The summed E-state index contributed by atoms with van der Waals surface area (Å²) in [6.07, 6.45) is 1.94. The van der Waals surface area contributed by atoms with Gasteiger partial charge in [0.15, 0.2) is 0 Å². The minimum atomic E-state index is -0.409. The Morgan fingerprint density at radius 2 is 1.97 bits per heavy atom. The van der Waals surface area contributed by atoms with Crippen LogP contribution >= 0.6 is 0 Å². The van der Waals surface area contributed by atoms with Crippen LogP contribution in [0.4, 0.5) is 5.69 Å². The largest absolute Gasteiger partial charge is 0.495 e. The highest BCUT2D eigenvalue weighted by molar-refractivity contribution is 6.07. The highest BCUT2D eigenvalue weighted by Gasteiger charge is 2.24. The Hall–Kier alpha value is -4.16. The Morgan fingerprint density at radius 3 is 2.63 bits per heavy atom. The van der Waals surface area contributed by atoms with E-state index in [0.717, 1.165) is 24.0 Å². The molecular weight excluding hydrogens is 484 g/mol. The number of methoxy groups -OCH3 is 1. The lowest BCUT2D eigenvalue weighted by molar-refractivity contribution is 0.0827. The van der Waals surface area contributed by atoms with Crippen LogP contribution in [-0.2, 0) is 10.2 Å². The van der Waals surface area contributed by atoms with Gasteiger partial charge in [-0.15, -0.1) is 0 Å². The van der Waals surface area contributed by atoms with E-state index in [1.54, 1.807) is 30.3 Å². The first-order valence-corrected chi connectivity index (χ1v) is 12.5. The molecular formula is C29H32N4O5. The van der Waals surface area contributed by atoms with Crippen molar-refractivity contribution in [3.05, 3.63) is 64.4 Å². The highest BCUT2D eigenvalue weighted by Crippen LogP contribution is 2.33. The predicted octanol–water partition coefficient (Wildman–Crippen LogP) is 4.99. The van der Waals surface area contributed by atoms with Gasteiger partial charge in [0.2, 0.25) is 5.76 Å². The predicted molar refractivity (Wildman–Crippen MR) is 142 cm³/mol. The third-order valence-electron chi connectivity index (χ3n) is 6.54. The van der Waals surface area contributed by atoms with Gasteiger partial charge in [0.25, 0.3) is 11.8 Å². The zero-order chi connectivity index (χ0) is 27.4. The van der Waals surface area contributed by atoms with Crippen LogP contribution in [0.5, 0.6) is 5.75 Å². The number of carbonyl (C=O) groups excluding carboxylic acids is 2. The molecule has 198 valence electrons. The van der Waals surface area contributed by atoms with E-state index in [1.165, 1.54) is 7.11 Å². The summed E-state index contributed by atoms with van der Waals surface area (Å²) in [7, 11) is 1.44. The van der Waals surface area contributed by atoms with E-state index >= 15 is 0 Å². The molecule has 9 nitrogen and oxygen atoms in total. The average molecular weight is 517 g/mol. The fourth-order valence-electron chi connectivity index (χ4n) is 4.32. The molecule has 2 amide bonds. The van der Waals surface area contributed by atoms with Crippen molar-refractivity contribution in [2.45, 2.75) is 52.1 Å². The molecule has 2 N–H and O–H groups in total. The standard InChI is InChI=1S/C29H32N4O5/c1-17-8-9-20(32-27(34)23-12-19(29(2,3)4)11-18(15-30)26(23)36-5)13-22(17)24-14-25(38-33-24)28(35)31-16-21-7-6-10-37-21/h8-9,11-14,21H,6-7,10,16H2,1-5H3,(H,31,35)(H,32,34). The van der Waals surface area contributed by atoms with Crippen molar-refractivity contribution < 1.29 is 23.6 Å². The molecule has 0 bridgehead atoms. The van der Waals surface area contributed by atoms with Crippen LogP contribution < -0.4 is 15.4 Å². The van der Waals surface area contributed by atoms with Crippen molar-refractivity contribution in [1.29, 1.82) is 5.26 Å². The molecule has 1 unspecified atom stereocenters. The topological polar surface area (TPSA) is 126 Å². The fraction of sp³-hybridized carbons (Fsp3) is 0.379. The molecule has 0 saturated carbocycles. The van der Waals surface area contributed by atoms with Gasteiger partial charge in [-0.05, 0) is 60.6 Å². The molecule has 3 aromatic rings. The van der Waals surface area contributed by atoms with Gasteiger partial charge in [0, 0.05) is 30.5 Å². The van der Waals surface area contributed by atoms with Gasteiger partial charge in [-0.3, -0.25) is 9.59 Å². The molecule has 1 aliphatic heterocycles. The Balaban J connectivity index is 1.56. The summed E-state index contributed by atoms with van der Waals surface area (Å²) in [5.41, 5.74) is 3.72. The minimum absolute atomic E-state index is 0.0239. The van der Waals surface area contributed by atoms with Crippen molar-refractivity contribution >= 4 is 17.5 Å². The third kappa shape index (κ3) is 5.87. The summed E-state index contributed by atoms with van der Waals surface area (Å²) in [6, 6.07) is 12.6. The van der Waals surface area contributed by atoms with E-state index in [0.29, 0.717) is 35.7 Å². The normalized spacial score (nSPS) is 15.1. The molecule has 38 heavy (non-hydrogen) atoms. The molecule has 2 heterocycles. The Morgan fingerprint density at radius 1 is 1.18 bits per heavy atom. The number of carbonyl (C=O) groups is 2. The van der Waals surface area contributed by atoms with Crippen LogP contribution in [0.15, 0.2) is 40.9 Å². The van der Waals surface area contributed by atoms with Crippen LogP contribution in [0.1, 0.15) is 71.2 Å². The molecule has 9 heteroatoms. The maximum Gasteiger partial charge on any atom is 0.290 e. The van der Waals surface area contributed by atoms with E-state index < -0.39 is 5.91 Å². The van der Waals surface area contributed by atoms with E-state index in [-0.39, 0.29) is 34.5 Å². The average Bonchev–Trinajstić information content (AvgIpc) is 3.59. The molecule has 0 radical (unpaired) electrons. The zero-order valence-electron chi connectivity index (χ0n) is 22.3. The smallest absolute Gasteiger partial charge is 0.290 e.